The number of carbonyl (C=O) groups is 4. The zero-order valence-electron chi connectivity index (χ0n) is 46.5. The minimum atomic E-state index is -4.73. The number of benzene rings is 2. The van der Waals surface area contributed by atoms with E-state index >= 15 is 0 Å². The van der Waals surface area contributed by atoms with E-state index in [1.165, 1.54) is 49.5 Å². The van der Waals surface area contributed by atoms with E-state index < -0.39 is 148 Å². The summed E-state index contributed by atoms with van der Waals surface area (Å²) < 4.78 is 194. The Kier molecular flexibility index (Phi) is 24.9. The average molecular weight is 1320 g/mol. The van der Waals surface area contributed by atoms with E-state index in [0.717, 1.165) is 33.2 Å². The maximum absolute atomic E-state index is 14.6. The van der Waals surface area contributed by atoms with E-state index in [1.807, 2.05) is 0 Å². The molecule has 0 saturated heterocycles. The van der Waals surface area contributed by atoms with Crippen LogP contribution in [-0.4, -0.2) is 191 Å². The van der Waals surface area contributed by atoms with Gasteiger partial charge in [0.25, 0.3) is 50.6 Å². The molecule has 0 radical (unpaired) electrons. The van der Waals surface area contributed by atoms with Gasteiger partial charge in [-0.25, -0.2) is 12.7 Å². The van der Waals surface area contributed by atoms with Crippen LogP contribution in [0.2, 0.25) is 0 Å². The van der Waals surface area contributed by atoms with Crippen LogP contribution in [0.4, 0.5) is 11.4 Å². The number of carboxylic acid groups (broad SMARTS) is 1. The zero-order valence-corrected chi connectivity index (χ0v) is 51.4. The molecule has 10 N–H and O–H groups in total. The third kappa shape index (κ3) is 22.3. The van der Waals surface area contributed by atoms with Gasteiger partial charge in [0.05, 0.1) is 38.9 Å². The highest BCUT2D eigenvalue weighted by Gasteiger charge is 2.48. The number of allylic oxidation sites excluding steroid dienone is 7. The highest BCUT2D eigenvalue weighted by Crippen LogP contribution is 2.49. The molecule has 85 heavy (non-hydrogen) atoms. The van der Waals surface area contributed by atoms with Crippen molar-refractivity contribution >= 4 is 102 Å². The standard InChI is InChI=1S/C50H70N6O23S6/c1-49(2)41-33-40(85(77,78)79)18-19-42(41)56(27-9-29-81(66,67)68)43(49)20-12-36-32-37(35-50(34-36,48(62)53-24-31-83(72,73)74)47(61)52-22-6-4-5-11-46(59)60)13-21-45(58)55(26-8-28-80(63,64)65)38-14-16-39(17-15-38)84(75,76)54(3)25-7-10-44(57)51-23-30-82(69,70)71/h12-21,32-33H,4-11,22-31,34-35H2,1-3H3,(H9,51,52,53,57,59,60,61,62,63,64,65,66,67,68,69,70,71,72,73,74,77,78,79)/p+1. The van der Waals surface area contributed by atoms with Crippen LogP contribution >= 0.6 is 0 Å². The summed E-state index contributed by atoms with van der Waals surface area (Å²) in [5.41, 5.74) is -1.77. The molecule has 3 amide bonds. The van der Waals surface area contributed by atoms with E-state index in [2.05, 4.69) is 16.0 Å². The first-order valence-electron chi connectivity index (χ1n) is 26.1. The molecular formula is C50H71N6O23S6+. The summed E-state index contributed by atoms with van der Waals surface area (Å²) in [5, 5.41) is 28.3. The molecule has 0 saturated carbocycles. The molecule has 1 aliphatic heterocycles. The monoisotopic (exact) mass is 1320 g/mol. The van der Waals surface area contributed by atoms with Gasteiger partial charge in [0.2, 0.25) is 33.4 Å². The molecule has 1 heterocycles. The number of rotatable bonds is 33. The molecule has 29 nitrogen and oxygen atoms in total. The smallest absolute Gasteiger partial charge is 0.365 e. The first kappa shape index (κ1) is 71.5. The number of carboxylic acids is 1. The molecule has 2 aromatic carbocycles. The minimum Gasteiger partial charge on any atom is -0.481 e. The van der Waals surface area contributed by atoms with Crippen LogP contribution in [-0.2, 0) is 85.2 Å². The number of sulfonamides is 1. The molecule has 2 aromatic rings. The summed E-state index contributed by atoms with van der Waals surface area (Å²) in [5.74, 6) is -7.38. The van der Waals surface area contributed by atoms with Gasteiger partial charge in [-0.2, -0.15) is 46.7 Å². The van der Waals surface area contributed by atoms with Gasteiger partial charge in [-0.1, -0.05) is 32.4 Å². The average Bonchev–Trinajstić information content (AvgIpc) is 2.64. The number of anilines is 1. The van der Waals surface area contributed by atoms with Crippen LogP contribution in [0.5, 0.6) is 0 Å². The van der Waals surface area contributed by atoms with Gasteiger partial charge in [-0.3, -0.25) is 41.9 Å². The summed E-state index contributed by atoms with van der Waals surface area (Å²) in [6, 6.07) is 8.61. The highest BCUT2D eigenvalue weighted by atomic mass is 32.2. The predicted octanol–water partition coefficient (Wildman–Crippen LogP) is 2.13. The second kappa shape index (κ2) is 29.6. The maximum Gasteiger partial charge on any atom is 0.365 e. The number of nitrogens with zero attached hydrogens (tertiary/aromatic N) is 3. The molecule has 1 aliphatic carbocycles. The van der Waals surface area contributed by atoms with Gasteiger partial charge in [0, 0.05) is 88.0 Å². The summed E-state index contributed by atoms with van der Waals surface area (Å²) in [7, 11) is -25.7. The van der Waals surface area contributed by atoms with E-state index in [-0.39, 0.29) is 99.4 Å². The van der Waals surface area contributed by atoms with Crippen molar-refractivity contribution in [1.29, 1.82) is 0 Å². The van der Waals surface area contributed by atoms with Gasteiger partial charge in [0.1, 0.15) is 5.41 Å². The fourth-order valence-electron chi connectivity index (χ4n) is 9.32. The third-order valence-corrected chi connectivity index (χ3v) is 19.3. The number of unbranched alkanes of at least 4 members (excludes halogenated alkanes) is 2. The van der Waals surface area contributed by atoms with Crippen LogP contribution < -0.4 is 20.9 Å². The Labute approximate surface area is 494 Å². The normalized spacial score (nSPS) is 18.1. The quantitative estimate of drug-likeness (QED) is 0.0122. The van der Waals surface area contributed by atoms with Crippen molar-refractivity contribution in [2.75, 3.05) is 74.2 Å². The SMILES string of the molecule is CN(CCCC(=O)NCCS(=O)(=O)O)S(=O)(=O)c1ccc([N+](CCCS(=O)(=O)O)=C(O)C=CC2=CC(=CC=C3N(CCCS(=O)(=O)O)c4ccc(S(=O)(=O)O)cc4C3(C)C)CC(C(=O)NCCCCCC(=O)O)(C(=O)NCCS(=O)(=O)O)C2)cc1. The van der Waals surface area contributed by atoms with Crippen molar-refractivity contribution in [3.05, 3.63) is 95.3 Å². The zero-order chi connectivity index (χ0) is 64.0. The first-order chi connectivity index (χ1) is 39.1. The number of hydrogen-bond donors (Lipinski definition) is 10. The van der Waals surface area contributed by atoms with Crippen LogP contribution in [0.3, 0.4) is 0 Å². The Hall–Kier alpha value is -5.99. The lowest BCUT2D eigenvalue weighted by atomic mass is 9.70. The molecule has 0 spiro atoms. The molecule has 0 aromatic heterocycles. The fourth-order valence-corrected chi connectivity index (χ4v) is 12.7. The Morgan fingerprint density at radius 2 is 1.21 bits per heavy atom. The summed E-state index contributed by atoms with van der Waals surface area (Å²) in [6.45, 7) is 1.67. The van der Waals surface area contributed by atoms with Crippen molar-refractivity contribution in [2.24, 2.45) is 5.41 Å². The molecule has 0 fully saturated rings. The number of carbonyl (C=O) groups excluding carboxylic acids is 3. The van der Waals surface area contributed by atoms with Crippen LogP contribution in [0.15, 0.2) is 99.5 Å². The molecule has 474 valence electrons. The predicted molar refractivity (Wildman–Crippen MR) is 310 cm³/mol. The van der Waals surface area contributed by atoms with E-state index in [1.54, 1.807) is 24.8 Å². The molecule has 2 aliphatic rings. The Morgan fingerprint density at radius 1 is 0.647 bits per heavy atom. The van der Waals surface area contributed by atoms with Crippen LogP contribution in [0, 0.1) is 5.41 Å². The molecular weight excluding hydrogens is 1240 g/mol. The Bertz CT molecular complexity index is 3690. The highest BCUT2D eigenvalue weighted by molar-refractivity contribution is 7.89. The van der Waals surface area contributed by atoms with Crippen molar-refractivity contribution < 1.29 is 107 Å². The van der Waals surface area contributed by atoms with Gasteiger partial charge >= 0.3 is 11.9 Å². The Balaban J connectivity index is 1.88. The number of aliphatic hydroxyl groups is 1. The van der Waals surface area contributed by atoms with Crippen molar-refractivity contribution in [3.63, 3.8) is 0 Å². The lowest BCUT2D eigenvalue weighted by molar-refractivity contribution is -0.448. The van der Waals surface area contributed by atoms with E-state index in [4.69, 9.17) is 9.66 Å². The molecule has 1 unspecified atom stereocenters. The summed E-state index contributed by atoms with van der Waals surface area (Å²) in [6.07, 6.45) is 6.04. The van der Waals surface area contributed by atoms with Crippen molar-refractivity contribution in [3.8, 4) is 0 Å². The second-order valence-electron chi connectivity index (χ2n) is 20.6. The van der Waals surface area contributed by atoms with Gasteiger partial charge in [-0.05, 0) is 97.7 Å². The molecule has 0 bridgehead atoms. The van der Waals surface area contributed by atoms with Crippen molar-refractivity contribution in [2.45, 2.75) is 93.3 Å². The number of aliphatic hydroxyl groups excluding tert-OH is 1. The van der Waals surface area contributed by atoms with Gasteiger partial charge in [0.15, 0.2) is 6.54 Å². The number of amides is 3. The van der Waals surface area contributed by atoms with Gasteiger partial charge < -0.3 is 31.1 Å². The molecule has 4 rings (SSSR count). The lowest BCUT2D eigenvalue weighted by Gasteiger charge is -2.35. The maximum atomic E-state index is 14.6. The Morgan fingerprint density at radius 3 is 1.79 bits per heavy atom. The second-order valence-corrected chi connectivity index (χ2v) is 30.3. The number of nitrogens with one attached hydrogen (secondary N) is 3. The summed E-state index contributed by atoms with van der Waals surface area (Å²) >= 11 is 0. The van der Waals surface area contributed by atoms with Crippen molar-refractivity contribution in [1.82, 2.24) is 20.3 Å². The van der Waals surface area contributed by atoms with Gasteiger partial charge in [-0.15, -0.1) is 0 Å². The van der Waals surface area contributed by atoms with Crippen LogP contribution in [0.25, 0.3) is 0 Å². The topological polar surface area (TPSA) is 460 Å². The number of aliphatic carboxylic acids is 1. The van der Waals surface area contributed by atoms with E-state index in [0.29, 0.717) is 23.4 Å². The third-order valence-electron chi connectivity index (χ3n) is 13.6. The largest absolute Gasteiger partial charge is 0.481 e. The fraction of sp³-hybridized carbons (Fsp3) is 0.500. The molecule has 35 heteroatoms. The lowest BCUT2D eigenvalue weighted by Crippen LogP contribution is -2.53. The first-order valence-corrected chi connectivity index (χ1v) is 35.4. The number of hydrogen-bond acceptors (Lipinski definition) is 17. The molecule has 1 atom stereocenters. The van der Waals surface area contributed by atoms with Crippen LogP contribution in [0.1, 0.15) is 83.6 Å². The number of fused-ring (bicyclic) bond motifs is 1. The minimum absolute atomic E-state index is 0.00458. The van der Waals surface area contributed by atoms with E-state index in [9.17, 15) is 93.0 Å². The summed E-state index contributed by atoms with van der Waals surface area (Å²) in [4.78, 5) is 53.4.